The maximum atomic E-state index is 4.46. The molecule has 4 heteroatoms. The Balaban J connectivity index is 2.12. The monoisotopic (exact) mass is 225 g/mol. The van der Waals surface area contributed by atoms with Crippen molar-refractivity contribution in [2.45, 2.75) is 32.2 Å². The molecule has 2 heterocycles. The molecule has 0 spiro atoms. The van der Waals surface area contributed by atoms with Gasteiger partial charge in [-0.15, -0.1) is 0 Å². The van der Waals surface area contributed by atoms with E-state index in [-0.39, 0.29) is 5.41 Å². The number of nitrogens with one attached hydrogen (secondary N) is 2. The summed E-state index contributed by atoms with van der Waals surface area (Å²) in [6.07, 6.45) is 1.98. The molecule has 2 rings (SSSR count). The van der Waals surface area contributed by atoms with E-state index in [1.54, 1.807) is 0 Å². The summed E-state index contributed by atoms with van der Waals surface area (Å²) in [5.41, 5.74) is 1.34. The molecule has 0 saturated carbocycles. The molecule has 1 fully saturated rings. The molecule has 1 aliphatic heterocycles. The van der Waals surface area contributed by atoms with Crippen LogP contribution in [0.1, 0.15) is 38.3 Å². The van der Waals surface area contributed by atoms with Gasteiger partial charge in [0.05, 0.1) is 11.7 Å². The van der Waals surface area contributed by atoms with E-state index in [0.717, 1.165) is 18.1 Å². The SMILES string of the molecule is CC(C)(C)c1ncc(C2CSCCN2)[nH]1. The first-order valence-corrected chi connectivity index (χ1v) is 6.59. The van der Waals surface area contributed by atoms with Crippen molar-refractivity contribution in [1.82, 2.24) is 15.3 Å². The predicted octanol–water partition coefficient (Wildman–Crippen LogP) is 2.08. The molecule has 2 N–H and O–H groups in total. The third-order valence-corrected chi connectivity index (χ3v) is 3.66. The molecule has 84 valence electrons. The Kier molecular flexibility index (Phi) is 3.07. The Morgan fingerprint density at radius 3 is 2.80 bits per heavy atom. The molecule has 0 bridgehead atoms. The minimum Gasteiger partial charge on any atom is -0.344 e. The molecular weight excluding hydrogens is 206 g/mol. The lowest BCUT2D eigenvalue weighted by atomic mass is 9.96. The number of thioether (sulfide) groups is 1. The number of aromatic nitrogens is 2. The molecule has 0 amide bonds. The van der Waals surface area contributed by atoms with E-state index in [1.807, 2.05) is 18.0 Å². The average Bonchev–Trinajstić information content (AvgIpc) is 2.67. The van der Waals surface area contributed by atoms with Crippen molar-refractivity contribution >= 4 is 11.8 Å². The van der Waals surface area contributed by atoms with Gasteiger partial charge in [0.15, 0.2) is 0 Å². The molecule has 3 nitrogen and oxygen atoms in total. The molecule has 15 heavy (non-hydrogen) atoms. The Bertz CT molecular complexity index is 321. The number of rotatable bonds is 1. The van der Waals surface area contributed by atoms with Crippen molar-refractivity contribution in [2.24, 2.45) is 0 Å². The summed E-state index contributed by atoms with van der Waals surface area (Å²) in [7, 11) is 0. The van der Waals surface area contributed by atoms with E-state index < -0.39 is 0 Å². The topological polar surface area (TPSA) is 40.7 Å². The Labute approximate surface area is 95.4 Å². The first kappa shape index (κ1) is 11.0. The molecule has 1 aliphatic rings. The zero-order valence-corrected chi connectivity index (χ0v) is 10.4. The summed E-state index contributed by atoms with van der Waals surface area (Å²) >= 11 is 2.00. The largest absolute Gasteiger partial charge is 0.344 e. The van der Waals surface area contributed by atoms with Gasteiger partial charge in [-0.05, 0) is 0 Å². The summed E-state index contributed by atoms with van der Waals surface area (Å²) in [6.45, 7) is 7.63. The highest BCUT2D eigenvalue weighted by atomic mass is 32.2. The van der Waals surface area contributed by atoms with Crippen LogP contribution >= 0.6 is 11.8 Å². The van der Waals surface area contributed by atoms with Crippen LogP contribution in [0, 0.1) is 0 Å². The second kappa shape index (κ2) is 4.18. The second-order valence-corrected chi connectivity index (χ2v) is 6.17. The Morgan fingerprint density at radius 1 is 1.47 bits per heavy atom. The van der Waals surface area contributed by atoms with Gasteiger partial charge in [0, 0.05) is 29.7 Å². The van der Waals surface area contributed by atoms with Crippen molar-refractivity contribution in [3.63, 3.8) is 0 Å². The fourth-order valence-corrected chi connectivity index (χ4v) is 2.62. The first-order chi connectivity index (χ1) is 7.07. The maximum absolute atomic E-state index is 4.46. The van der Waals surface area contributed by atoms with Crippen LogP contribution in [-0.4, -0.2) is 28.0 Å². The number of hydrogen-bond acceptors (Lipinski definition) is 3. The van der Waals surface area contributed by atoms with E-state index in [9.17, 15) is 0 Å². The fraction of sp³-hybridized carbons (Fsp3) is 0.727. The van der Waals surface area contributed by atoms with Gasteiger partial charge in [-0.25, -0.2) is 4.98 Å². The normalized spacial score (nSPS) is 23.0. The van der Waals surface area contributed by atoms with E-state index in [1.165, 1.54) is 11.4 Å². The van der Waals surface area contributed by atoms with E-state index in [0.29, 0.717) is 6.04 Å². The highest BCUT2D eigenvalue weighted by Gasteiger charge is 2.21. The smallest absolute Gasteiger partial charge is 0.111 e. The van der Waals surface area contributed by atoms with Gasteiger partial charge in [0.1, 0.15) is 5.82 Å². The first-order valence-electron chi connectivity index (χ1n) is 5.44. The fourth-order valence-electron chi connectivity index (χ4n) is 1.66. The van der Waals surface area contributed by atoms with Gasteiger partial charge in [0.25, 0.3) is 0 Å². The highest BCUT2D eigenvalue weighted by Crippen LogP contribution is 2.24. The number of aromatic amines is 1. The van der Waals surface area contributed by atoms with Crippen LogP contribution in [0.15, 0.2) is 6.20 Å². The standard InChI is InChI=1S/C11H19N3S/c1-11(2,3)10-13-6-8(14-10)9-7-15-5-4-12-9/h6,9,12H,4-5,7H2,1-3H3,(H,13,14). The van der Waals surface area contributed by atoms with Crippen LogP contribution in [0.4, 0.5) is 0 Å². The van der Waals surface area contributed by atoms with E-state index in [2.05, 4.69) is 36.1 Å². The molecule has 1 unspecified atom stereocenters. The van der Waals surface area contributed by atoms with Gasteiger partial charge in [-0.1, -0.05) is 20.8 Å². The van der Waals surface area contributed by atoms with E-state index in [4.69, 9.17) is 0 Å². The number of hydrogen-bond donors (Lipinski definition) is 2. The van der Waals surface area contributed by atoms with Gasteiger partial charge in [0.2, 0.25) is 0 Å². The Hall–Kier alpha value is -0.480. The quantitative estimate of drug-likeness (QED) is 0.769. The molecule has 0 aromatic carbocycles. The van der Waals surface area contributed by atoms with Gasteiger partial charge < -0.3 is 10.3 Å². The van der Waals surface area contributed by atoms with Gasteiger partial charge in [-0.2, -0.15) is 11.8 Å². The molecular formula is C11H19N3S. The maximum Gasteiger partial charge on any atom is 0.111 e. The third kappa shape index (κ3) is 2.55. The summed E-state index contributed by atoms with van der Waals surface area (Å²) in [5.74, 6) is 3.44. The highest BCUT2D eigenvalue weighted by molar-refractivity contribution is 7.99. The number of H-pyrrole nitrogens is 1. The lowest BCUT2D eigenvalue weighted by Crippen LogP contribution is -2.30. The predicted molar refractivity (Wildman–Crippen MR) is 65.4 cm³/mol. The third-order valence-electron chi connectivity index (χ3n) is 2.60. The van der Waals surface area contributed by atoms with Crippen LogP contribution in [0.3, 0.4) is 0 Å². The van der Waals surface area contributed by atoms with Crippen molar-refractivity contribution in [3.8, 4) is 0 Å². The lowest BCUT2D eigenvalue weighted by molar-refractivity contribution is 0.541. The lowest BCUT2D eigenvalue weighted by Gasteiger charge is -2.22. The molecule has 1 aromatic heterocycles. The number of imidazole rings is 1. The van der Waals surface area contributed by atoms with Crippen LogP contribution in [0.25, 0.3) is 0 Å². The molecule has 1 aromatic rings. The zero-order chi connectivity index (χ0) is 10.9. The minimum absolute atomic E-state index is 0.111. The summed E-state index contributed by atoms with van der Waals surface area (Å²) in [6, 6.07) is 0.451. The van der Waals surface area contributed by atoms with Crippen molar-refractivity contribution < 1.29 is 0 Å². The minimum atomic E-state index is 0.111. The molecule has 0 radical (unpaired) electrons. The van der Waals surface area contributed by atoms with Gasteiger partial charge in [-0.3, -0.25) is 0 Å². The molecule has 1 saturated heterocycles. The van der Waals surface area contributed by atoms with Gasteiger partial charge >= 0.3 is 0 Å². The van der Waals surface area contributed by atoms with Crippen molar-refractivity contribution in [1.29, 1.82) is 0 Å². The van der Waals surface area contributed by atoms with Crippen LogP contribution in [0.5, 0.6) is 0 Å². The van der Waals surface area contributed by atoms with Crippen LogP contribution in [0.2, 0.25) is 0 Å². The summed E-state index contributed by atoms with van der Waals surface area (Å²) in [4.78, 5) is 7.89. The van der Waals surface area contributed by atoms with Crippen molar-refractivity contribution in [3.05, 3.63) is 17.7 Å². The second-order valence-electron chi connectivity index (χ2n) is 5.02. The van der Waals surface area contributed by atoms with E-state index >= 15 is 0 Å². The summed E-state index contributed by atoms with van der Waals surface area (Å²) in [5, 5.41) is 3.51. The average molecular weight is 225 g/mol. The van der Waals surface area contributed by atoms with Crippen LogP contribution in [-0.2, 0) is 5.41 Å². The van der Waals surface area contributed by atoms with Crippen LogP contribution < -0.4 is 5.32 Å². The zero-order valence-electron chi connectivity index (χ0n) is 9.63. The molecule has 0 aliphatic carbocycles. The molecule has 1 atom stereocenters. The summed E-state index contributed by atoms with van der Waals surface area (Å²) < 4.78 is 0. The number of nitrogens with zero attached hydrogens (tertiary/aromatic N) is 1. The van der Waals surface area contributed by atoms with Crippen molar-refractivity contribution in [2.75, 3.05) is 18.1 Å². The Morgan fingerprint density at radius 2 is 2.27 bits per heavy atom.